The minimum atomic E-state index is -0.699. The molecule has 0 aliphatic heterocycles. The van der Waals surface area contributed by atoms with Crippen molar-refractivity contribution < 1.29 is 8.78 Å². The van der Waals surface area contributed by atoms with Crippen molar-refractivity contribution in [3.05, 3.63) is 41.7 Å². The predicted molar refractivity (Wildman–Crippen MR) is 78.8 cm³/mol. The third-order valence-corrected chi connectivity index (χ3v) is 2.90. The maximum atomic E-state index is 13.5. The molecule has 1 aromatic heterocycles. The van der Waals surface area contributed by atoms with Crippen molar-refractivity contribution in [3.8, 4) is 0 Å². The summed E-state index contributed by atoms with van der Waals surface area (Å²) in [6, 6.07) is 3.25. The van der Waals surface area contributed by atoms with E-state index in [1.165, 1.54) is 6.07 Å². The molecule has 0 saturated carbocycles. The van der Waals surface area contributed by atoms with Gasteiger partial charge >= 0.3 is 0 Å². The Morgan fingerprint density at radius 3 is 2.60 bits per heavy atom. The highest BCUT2D eigenvalue weighted by molar-refractivity contribution is 7.80. The Kier molecular flexibility index (Phi) is 4.29. The highest BCUT2D eigenvalue weighted by Crippen LogP contribution is 2.17. The quantitative estimate of drug-likeness (QED) is 0.853. The molecule has 0 spiro atoms. The molecule has 0 fully saturated rings. The Morgan fingerprint density at radius 1 is 1.30 bits per heavy atom. The molecule has 2 N–H and O–H groups in total. The van der Waals surface area contributed by atoms with E-state index in [1.54, 1.807) is 4.68 Å². The lowest BCUT2D eigenvalue weighted by Gasteiger charge is -2.10. The second-order valence-corrected chi connectivity index (χ2v) is 4.60. The Hall–Kier alpha value is -2.02. The number of nitrogens with one attached hydrogen (secondary N) is 2. The highest BCUT2D eigenvalue weighted by atomic mass is 32.1. The summed E-state index contributed by atoms with van der Waals surface area (Å²) < 4.78 is 28.0. The molecule has 2 aromatic rings. The number of hydrogen-bond donors (Lipinski definition) is 2. The number of hydrogen-bond acceptors (Lipinski definition) is 2. The molecule has 7 heteroatoms. The average molecular weight is 296 g/mol. The zero-order chi connectivity index (χ0) is 14.7. The molecular weight excluding hydrogens is 282 g/mol. The Morgan fingerprint density at radius 2 is 2.00 bits per heavy atom. The fourth-order valence-corrected chi connectivity index (χ4v) is 1.89. The number of thiocarbonyl (C=S) groups is 1. The van der Waals surface area contributed by atoms with Crippen molar-refractivity contribution in [2.24, 2.45) is 0 Å². The van der Waals surface area contributed by atoms with Gasteiger partial charge in [0.1, 0.15) is 11.6 Å². The predicted octanol–water partition coefficient (Wildman–Crippen LogP) is 3.30. The van der Waals surface area contributed by atoms with Gasteiger partial charge in [-0.05, 0) is 38.2 Å². The van der Waals surface area contributed by atoms with E-state index in [0.717, 1.165) is 30.1 Å². The molecule has 0 bridgehead atoms. The lowest BCUT2D eigenvalue weighted by Crippen LogP contribution is -2.20. The van der Waals surface area contributed by atoms with E-state index in [2.05, 4.69) is 15.7 Å². The zero-order valence-electron chi connectivity index (χ0n) is 11.1. The van der Waals surface area contributed by atoms with Gasteiger partial charge in [0.15, 0.2) is 5.11 Å². The molecule has 0 aliphatic carbocycles. The normalized spacial score (nSPS) is 10.4. The topological polar surface area (TPSA) is 41.9 Å². The third-order valence-electron chi connectivity index (χ3n) is 2.70. The van der Waals surface area contributed by atoms with Gasteiger partial charge in [-0.3, -0.25) is 4.68 Å². The van der Waals surface area contributed by atoms with Crippen LogP contribution in [-0.4, -0.2) is 14.9 Å². The Labute approximate surface area is 120 Å². The molecule has 1 heterocycles. The largest absolute Gasteiger partial charge is 0.330 e. The number of aryl methyl sites for hydroxylation is 2. The van der Waals surface area contributed by atoms with Crippen LogP contribution in [0.15, 0.2) is 24.4 Å². The average Bonchev–Trinajstić information content (AvgIpc) is 2.74. The summed E-state index contributed by atoms with van der Waals surface area (Å²) in [6.07, 6.45) is 1.81. The number of nitrogens with zero attached hydrogens (tertiary/aromatic N) is 2. The first-order valence-electron chi connectivity index (χ1n) is 6.06. The van der Waals surface area contributed by atoms with Gasteiger partial charge in [-0.25, -0.2) is 8.78 Å². The summed E-state index contributed by atoms with van der Waals surface area (Å²) in [5.41, 5.74) is 1.65. The van der Waals surface area contributed by atoms with E-state index in [4.69, 9.17) is 12.2 Å². The van der Waals surface area contributed by atoms with E-state index in [0.29, 0.717) is 0 Å². The summed E-state index contributed by atoms with van der Waals surface area (Å²) in [7, 11) is 0. The van der Waals surface area contributed by atoms with Crippen molar-refractivity contribution in [2.75, 3.05) is 10.6 Å². The molecule has 0 aliphatic rings. The summed E-state index contributed by atoms with van der Waals surface area (Å²) in [5, 5.41) is 10.1. The van der Waals surface area contributed by atoms with Crippen LogP contribution in [-0.2, 0) is 6.54 Å². The summed E-state index contributed by atoms with van der Waals surface area (Å²) in [5.74, 6) is -1.33. The van der Waals surface area contributed by atoms with Crippen LogP contribution in [0, 0.1) is 18.6 Å². The van der Waals surface area contributed by atoms with E-state index in [-0.39, 0.29) is 10.8 Å². The Balaban J connectivity index is 2.06. The fraction of sp³-hybridized carbons (Fsp3) is 0.231. The first kappa shape index (κ1) is 14.4. The molecule has 0 amide bonds. The Bertz CT molecular complexity index is 639. The lowest BCUT2D eigenvalue weighted by atomic mass is 10.3. The smallest absolute Gasteiger partial charge is 0.175 e. The molecule has 1 aromatic carbocycles. The zero-order valence-corrected chi connectivity index (χ0v) is 11.9. The van der Waals surface area contributed by atoms with Crippen molar-refractivity contribution >= 4 is 28.7 Å². The van der Waals surface area contributed by atoms with Crippen LogP contribution in [0.25, 0.3) is 0 Å². The summed E-state index contributed by atoms with van der Waals surface area (Å²) in [6.45, 7) is 4.56. The van der Waals surface area contributed by atoms with Crippen LogP contribution in [0.2, 0.25) is 0 Å². The van der Waals surface area contributed by atoms with Gasteiger partial charge in [0, 0.05) is 18.8 Å². The minimum Gasteiger partial charge on any atom is -0.330 e. The number of anilines is 2. The van der Waals surface area contributed by atoms with Gasteiger partial charge in [0.2, 0.25) is 0 Å². The molecule has 0 radical (unpaired) electrons. The third kappa shape index (κ3) is 3.30. The second kappa shape index (κ2) is 5.96. The molecule has 4 nitrogen and oxygen atoms in total. The van der Waals surface area contributed by atoms with Crippen LogP contribution in [0.3, 0.4) is 0 Å². The van der Waals surface area contributed by atoms with Gasteiger partial charge < -0.3 is 10.6 Å². The van der Waals surface area contributed by atoms with Crippen LogP contribution >= 0.6 is 12.2 Å². The van der Waals surface area contributed by atoms with Gasteiger partial charge in [-0.1, -0.05) is 0 Å². The maximum absolute atomic E-state index is 13.5. The van der Waals surface area contributed by atoms with Gasteiger partial charge in [0.25, 0.3) is 0 Å². The maximum Gasteiger partial charge on any atom is 0.175 e. The molecule has 0 atom stereocenters. The van der Waals surface area contributed by atoms with Crippen LogP contribution in [0.4, 0.5) is 20.2 Å². The molecule has 106 valence electrons. The highest BCUT2D eigenvalue weighted by Gasteiger charge is 2.08. The number of halogens is 2. The van der Waals surface area contributed by atoms with E-state index in [9.17, 15) is 8.78 Å². The first-order chi connectivity index (χ1) is 9.49. The van der Waals surface area contributed by atoms with Crippen LogP contribution in [0.1, 0.15) is 12.6 Å². The summed E-state index contributed by atoms with van der Waals surface area (Å²) >= 11 is 5.10. The lowest BCUT2D eigenvalue weighted by molar-refractivity contribution is 0.586. The van der Waals surface area contributed by atoms with Crippen molar-refractivity contribution in [2.45, 2.75) is 20.4 Å². The van der Waals surface area contributed by atoms with E-state index >= 15 is 0 Å². The fourth-order valence-electron chi connectivity index (χ4n) is 1.67. The van der Waals surface area contributed by atoms with E-state index < -0.39 is 11.6 Å². The molecular formula is C13H14F2N4S. The molecule has 2 rings (SSSR count). The van der Waals surface area contributed by atoms with Crippen molar-refractivity contribution in [1.29, 1.82) is 0 Å². The standard InChI is InChI=1S/C13H14F2N4S/c1-3-19-7-12(8(2)18-19)17-13(20)16-11-5-4-9(14)6-10(11)15/h4-7H,3H2,1-2H3,(H2,16,17,20). The van der Waals surface area contributed by atoms with Crippen molar-refractivity contribution in [3.63, 3.8) is 0 Å². The van der Waals surface area contributed by atoms with Crippen LogP contribution in [0.5, 0.6) is 0 Å². The monoisotopic (exact) mass is 296 g/mol. The molecule has 20 heavy (non-hydrogen) atoms. The minimum absolute atomic E-state index is 0.115. The first-order valence-corrected chi connectivity index (χ1v) is 6.47. The molecule has 0 unspecified atom stereocenters. The second-order valence-electron chi connectivity index (χ2n) is 4.19. The summed E-state index contributed by atoms with van der Waals surface area (Å²) in [4.78, 5) is 0. The van der Waals surface area contributed by atoms with Crippen molar-refractivity contribution in [1.82, 2.24) is 9.78 Å². The number of benzene rings is 1. The van der Waals surface area contributed by atoms with Gasteiger partial charge in [0.05, 0.1) is 17.1 Å². The van der Waals surface area contributed by atoms with Crippen LogP contribution < -0.4 is 10.6 Å². The SMILES string of the molecule is CCn1cc(NC(=S)Nc2ccc(F)cc2F)c(C)n1. The number of rotatable bonds is 3. The van der Waals surface area contributed by atoms with Gasteiger partial charge in [-0.15, -0.1) is 0 Å². The van der Waals surface area contributed by atoms with E-state index in [1.807, 2.05) is 20.0 Å². The van der Waals surface area contributed by atoms with Gasteiger partial charge in [-0.2, -0.15) is 5.10 Å². The number of aromatic nitrogens is 2. The molecule has 0 saturated heterocycles.